The van der Waals surface area contributed by atoms with Gasteiger partial charge in [0.15, 0.2) is 0 Å². The first-order chi connectivity index (χ1) is 25.2. The standard InChI is InChI=1S/C44H42N4OS4/c1-23-35-41(52-39(23)27-11-15-29(16-12-27)43(5,6)7)37(47-21-45-35)33-19-31(25(3)50-33)49-32-20-34(51-26(32)4)38-42-36(46-22-48-38)24(2)40(53-42)28-13-17-30(18-14-28)44(8,9)10/h11-22H,1-10H3. The van der Waals surface area contributed by atoms with E-state index < -0.39 is 0 Å². The Labute approximate surface area is 327 Å². The van der Waals surface area contributed by atoms with Gasteiger partial charge >= 0.3 is 0 Å². The van der Waals surface area contributed by atoms with Crippen molar-refractivity contribution < 1.29 is 4.74 Å². The molecule has 6 heterocycles. The maximum absolute atomic E-state index is 6.68. The second-order valence-electron chi connectivity index (χ2n) is 15.7. The van der Waals surface area contributed by atoms with Gasteiger partial charge in [0.05, 0.1) is 30.2 Å². The highest BCUT2D eigenvalue weighted by atomic mass is 32.1. The Hall–Kier alpha value is -4.28. The van der Waals surface area contributed by atoms with Crippen LogP contribution in [0.1, 0.15) is 73.6 Å². The minimum Gasteiger partial charge on any atom is -0.455 e. The maximum Gasteiger partial charge on any atom is 0.141 e. The molecule has 9 heteroatoms. The van der Waals surface area contributed by atoms with Crippen molar-refractivity contribution >= 4 is 65.8 Å². The molecule has 2 aromatic carbocycles. The quantitative estimate of drug-likeness (QED) is 0.168. The zero-order valence-electron chi connectivity index (χ0n) is 31.8. The lowest BCUT2D eigenvalue weighted by atomic mass is 9.86. The van der Waals surface area contributed by atoms with Crippen molar-refractivity contribution in [3.05, 3.63) is 105 Å². The number of aryl methyl sites for hydroxylation is 4. The third-order valence-corrected chi connectivity index (χ3v) is 14.6. The molecule has 268 valence electrons. The van der Waals surface area contributed by atoms with E-state index in [9.17, 15) is 0 Å². The van der Waals surface area contributed by atoms with Crippen LogP contribution >= 0.6 is 45.3 Å². The van der Waals surface area contributed by atoms with Crippen LogP contribution in [0.15, 0.2) is 73.3 Å². The van der Waals surface area contributed by atoms with E-state index in [0.29, 0.717) is 0 Å². The molecular weight excluding hydrogens is 729 g/mol. The summed E-state index contributed by atoms with van der Waals surface area (Å²) in [4.78, 5) is 25.9. The van der Waals surface area contributed by atoms with E-state index in [-0.39, 0.29) is 10.8 Å². The fourth-order valence-corrected chi connectivity index (χ4v) is 11.2. The SMILES string of the molecule is Cc1sc(-c2ncnc3c(C)c(-c4ccc(C(C)(C)C)cc4)sc23)cc1Oc1cc(-c2ncnc3c(C)c(-c4ccc(C(C)(C)C)cc4)sc23)sc1C. The van der Waals surface area contributed by atoms with Crippen LogP contribution in [0.25, 0.3) is 62.5 Å². The molecule has 0 saturated heterocycles. The first-order valence-corrected chi connectivity index (χ1v) is 21.0. The van der Waals surface area contributed by atoms with Crippen molar-refractivity contribution in [3.8, 4) is 53.5 Å². The topological polar surface area (TPSA) is 60.8 Å². The molecule has 0 bridgehead atoms. The number of aromatic nitrogens is 4. The Morgan fingerprint density at radius 1 is 0.491 bits per heavy atom. The largest absolute Gasteiger partial charge is 0.455 e. The van der Waals surface area contributed by atoms with Crippen molar-refractivity contribution in [3.63, 3.8) is 0 Å². The van der Waals surface area contributed by atoms with E-state index in [1.165, 1.54) is 43.1 Å². The highest BCUT2D eigenvalue weighted by Gasteiger charge is 2.23. The molecule has 0 saturated carbocycles. The molecule has 5 nitrogen and oxygen atoms in total. The normalized spacial score (nSPS) is 12.3. The number of nitrogens with zero attached hydrogens (tertiary/aromatic N) is 4. The van der Waals surface area contributed by atoms with E-state index in [2.05, 4.69) is 130 Å². The molecule has 8 aromatic rings. The Balaban J connectivity index is 1.10. The molecule has 0 N–H and O–H groups in total. The van der Waals surface area contributed by atoms with Gasteiger partial charge in [-0.05, 0) is 71.9 Å². The molecule has 6 aromatic heterocycles. The molecule has 0 atom stereocenters. The molecule has 0 radical (unpaired) electrons. The number of hydrogen-bond donors (Lipinski definition) is 0. The van der Waals surface area contributed by atoms with E-state index in [4.69, 9.17) is 24.7 Å². The molecule has 0 fully saturated rings. The zero-order chi connectivity index (χ0) is 37.4. The minimum absolute atomic E-state index is 0.113. The van der Waals surface area contributed by atoms with Crippen LogP contribution in [-0.4, -0.2) is 19.9 Å². The van der Waals surface area contributed by atoms with Gasteiger partial charge in [-0.1, -0.05) is 90.1 Å². The predicted molar refractivity (Wildman–Crippen MR) is 229 cm³/mol. The summed E-state index contributed by atoms with van der Waals surface area (Å²) in [6.07, 6.45) is 3.38. The van der Waals surface area contributed by atoms with Crippen LogP contribution in [0, 0.1) is 27.7 Å². The molecule has 0 spiro atoms. The van der Waals surface area contributed by atoms with Crippen LogP contribution < -0.4 is 4.74 Å². The van der Waals surface area contributed by atoms with Crippen LogP contribution in [0.2, 0.25) is 0 Å². The highest BCUT2D eigenvalue weighted by Crippen LogP contribution is 2.48. The third kappa shape index (κ3) is 6.52. The molecule has 8 rings (SSSR count). The fourth-order valence-electron chi connectivity index (χ4n) is 6.68. The van der Waals surface area contributed by atoms with Crippen LogP contribution in [0.5, 0.6) is 11.5 Å². The van der Waals surface area contributed by atoms with Gasteiger partial charge in [-0.2, -0.15) is 0 Å². The predicted octanol–water partition coefficient (Wildman–Crippen LogP) is 14.1. The van der Waals surface area contributed by atoms with Gasteiger partial charge in [0.2, 0.25) is 0 Å². The van der Waals surface area contributed by atoms with Crippen LogP contribution in [0.4, 0.5) is 0 Å². The Morgan fingerprint density at radius 2 is 0.868 bits per heavy atom. The molecular formula is C44H42N4OS4. The van der Waals surface area contributed by atoms with Crippen molar-refractivity contribution in [1.82, 2.24) is 19.9 Å². The fraction of sp³-hybridized carbons (Fsp3) is 0.273. The average Bonchev–Trinajstić information content (AvgIpc) is 3.87. The molecule has 53 heavy (non-hydrogen) atoms. The zero-order valence-corrected chi connectivity index (χ0v) is 35.0. The van der Waals surface area contributed by atoms with E-state index >= 15 is 0 Å². The van der Waals surface area contributed by atoms with Crippen molar-refractivity contribution in [2.75, 3.05) is 0 Å². The first-order valence-electron chi connectivity index (χ1n) is 17.8. The van der Waals surface area contributed by atoms with Gasteiger partial charge in [-0.25, -0.2) is 19.9 Å². The lowest BCUT2D eigenvalue weighted by Crippen LogP contribution is -2.10. The van der Waals surface area contributed by atoms with E-state index in [1.54, 1.807) is 58.0 Å². The van der Waals surface area contributed by atoms with Crippen LogP contribution in [0.3, 0.4) is 0 Å². The van der Waals surface area contributed by atoms with Crippen LogP contribution in [-0.2, 0) is 10.8 Å². The van der Waals surface area contributed by atoms with Gasteiger partial charge in [-0.3, -0.25) is 0 Å². The molecule has 0 aliphatic heterocycles. The number of thiophene rings is 4. The number of ether oxygens (including phenoxy) is 1. The Morgan fingerprint density at radius 3 is 1.23 bits per heavy atom. The van der Waals surface area contributed by atoms with Crippen molar-refractivity contribution in [2.24, 2.45) is 0 Å². The van der Waals surface area contributed by atoms with Crippen molar-refractivity contribution in [2.45, 2.75) is 80.1 Å². The first kappa shape index (κ1) is 35.7. The Kier molecular flexibility index (Phi) is 8.92. The highest BCUT2D eigenvalue weighted by molar-refractivity contribution is 7.24. The third-order valence-electron chi connectivity index (χ3n) is 9.86. The number of rotatable bonds is 6. The van der Waals surface area contributed by atoms with Gasteiger partial charge in [0.25, 0.3) is 0 Å². The average molecular weight is 771 g/mol. The van der Waals surface area contributed by atoms with Crippen molar-refractivity contribution in [1.29, 1.82) is 0 Å². The maximum atomic E-state index is 6.68. The second kappa shape index (κ2) is 13.2. The Bertz CT molecular complexity index is 2460. The summed E-state index contributed by atoms with van der Waals surface area (Å²) in [5.41, 5.74) is 11.6. The summed E-state index contributed by atoms with van der Waals surface area (Å²) in [7, 11) is 0. The molecule has 0 unspecified atom stereocenters. The summed E-state index contributed by atoms with van der Waals surface area (Å²) < 4.78 is 8.89. The van der Waals surface area contributed by atoms with E-state index in [0.717, 1.165) is 62.8 Å². The smallest absolute Gasteiger partial charge is 0.141 e. The summed E-state index contributed by atoms with van der Waals surface area (Å²) in [6.45, 7) is 22.1. The monoisotopic (exact) mass is 770 g/mol. The lowest BCUT2D eigenvalue weighted by molar-refractivity contribution is 0.481. The van der Waals surface area contributed by atoms with Gasteiger partial charge in [0.1, 0.15) is 35.5 Å². The number of fused-ring (bicyclic) bond motifs is 2. The second-order valence-corrected chi connectivity index (χ2v) is 20.3. The van der Waals surface area contributed by atoms with Gasteiger partial charge in [-0.15, -0.1) is 45.3 Å². The summed E-state index contributed by atoms with van der Waals surface area (Å²) in [6, 6.07) is 22.2. The van der Waals surface area contributed by atoms with Gasteiger partial charge < -0.3 is 4.74 Å². The van der Waals surface area contributed by atoms with E-state index in [1.807, 2.05) is 0 Å². The summed E-state index contributed by atoms with van der Waals surface area (Å²) in [5.74, 6) is 1.69. The number of benzene rings is 2. The van der Waals surface area contributed by atoms with Gasteiger partial charge in [0, 0.05) is 31.6 Å². The minimum atomic E-state index is 0.113. The molecule has 0 aliphatic carbocycles. The molecule has 0 aliphatic rings. The summed E-state index contributed by atoms with van der Waals surface area (Å²) >= 11 is 6.95. The lowest BCUT2D eigenvalue weighted by Gasteiger charge is -2.19. The number of hydrogen-bond acceptors (Lipinski definition) is 9. The summed E-state index contributed by atoms with van der Waals surface area (Å²) in [5, 5.41) is 0. The molecule has 0 amide bonds.